The van der Waals surface area contributed by atoms with Crippen molar-refractivity contribution in [2.24, 2.45) is 11.1 Å². The number of rotatable bonds is 7. The average Bonchev–Trinajstić information content (AvgIpc) is 2.89. The highest BCUT2D eigenvalue weighted by atomic mass is 32.2. The first kappa shape index (κ1) is 18.5. The second kappa shape index (κ2) is 7.37. The van der Waals surface area contributed by atoms with E-state index in [9.17, 15) is 12.8 Å². The molecule has 1 atom stereocenters. The number of sulfonamides is 1. The molecule has 0 amide bonds. The zero-order valence-corrected chi connectivity index (χ0v) is 14.7. The molecular formula is C15H21FN4O3S. The lowest BCUT2D eigenvalue weighted by atomic mass is 10.1. The van der Waals surface area contributed by atoms with Crippen LogP contribution < -0.4 is 5.14 Å². The molecular weight excluding hydrogens is 335 g/mol. The molecule has 0 aliphatic heterocycles. The molecule has 24 heavy (non-hydrogen) atoms. The number of methoxy groups -OCH3 is 1. The number of benzene rings is 1. The normalized spacial score (nSPS) is 13.2. The number of halogens is 1. The first-order valence-corrected chi connectivity index (χ1v) is 9.07. The monoisotopic (exact) mass is 356 g/mol. The number of nitrogens with zero attached hydrogens (tertiary/aromatic N) is 3. The van der Waals surface area contributed by atoms with Crippen LogP contribution in [0.4, 0.5) is 4.39 Å². The minimum atomic E-state index is -3.95. The van der Waals surface area contributed by atoms with E-state index in [-0.39, 0.29) is 17.2 Å². The molecule has 0 radical (unpaired) electrons. The van der Waals surface area contributed by atoms with Crippen molar-refractivity contribution in [3.63, 3.8) is 0 Å². The van der Waals surface area contributed by atoms with Crippen molar-refractivity contribution in [1.82, 2.24) is 14.8 Å². The Morgan fingerprint density at radius 2 is 2.12 bits per heavy atom. The number of hydrogen-bond donors (Lipinski definition) is 1. The van der Waals surface area contributed by atoms with Crippen LogP contribution in [0.2, 0.25) is 0 Å². The van der Waals surface area contributed by atoms with Crippen LogP contribution in [-0.4, -0.2) is 30.3 Å². The molecule has 0 fully saturated rings. The Hall–Kier alpha value is -1.84. The lowest BCUT2D eigenvalue weighted by Crippen LogP contribution is -2.14. The van der Waals surface area contributed by atoms with Crippen LogP contribution >= 0.6 is 0 Å². The van der Waals surface area contributed by atoms with Crippen LogP contribution in [0.5, 0.6) is 0 Å². The average molecular weight is 356 g/mol. The summed E-state index contributed by atoms with van der Waals surface area (Å²) in [5, 5.41) is 9.44. The summed E-state index contributed by atoms with van der Waals surface area (Å²) in [5.41, 5.74) is -0.0310. The fourth-order valence-corrected chi connectivity index (χ4v) is 2.72. The molecule has 7 nitrogen and oxygen atoms in total. The molecule has 1 aromatic carbocycles. The first-order chi connectivity index (χ1) is 11.3. The zero-order chi connectivity index (χ0) is 17.9. The Labute approximate surface area is 140 Å². The summed E-state index contributed by atoms with van der Waals surface area (Å²) in [7, 11) is -2.46. The third kappa shape index (κ3) is 4.16. The molecule has 0 aliphatic carbocycles. The molecule has 9 heteroatoms. The van der Waals surface area contributed by atoms with Gasteiger partial charge < -0.3 is 4.74 Å². The third-order valence-corrected chi connectivity index (χ3v) is 4.60. The molecule has 0 spiro atoms. The molecule has 0 unspecified atom stereocenters. The highest BCUT2D eigenvalue weighted by molar-refractivity contribution is 7.89. The van der Waals surface area contributed by atoms with Crippen molar-refractivity contribution in [2.75, 3.05) is 7.11 Å². The summed E-state index contributed by atoms with van der Waals surface area (Å²) in [6.07, 6.45) is 1.60. The number of ether oxygens (including phenoxy) is 1. The largest absolute Gasteiger partial charge is 0.377 e. The fourth-order valence-electron chi connectivity index (χ4n) is 2.18. The summed E-state index contributed by atoms with van der Waals surface area (Å²) in [4.78, 5) is 4.18. The quantitative estimate of drug-likeness (QED) is 0.815. The summed E-state index contributed by atoms with van der Waals surface area (Å²) >= 11 is 0. The van der Waals surface area contributed by atoms with E-state index in [0.29, 0.717) is 24.0 Å². The smallest absolute Gasteiger partial charge is 0.238 e. The van der Waals surface area contributed by atoms with Crippen molar-refractivity contribution in [2.45, 2.75) is 38.2 Å². The molecule has 2 aromatic rings. The Morgan fingerprint density at radius 1 is 1.42 bits per heavy atom. The van der Waals surface area contributed by atoms with E-state index >= 15 is 0 Å². The van der Waals surface area contributed by atoms with Gasteiger partial charge in [-0.05, 0) is 24.1 Å². The van der Waals surface area contributed by atoms with E-state index in [0.717, 1.165) is 24.6 Å². The number of hydrogen-bond acceptors (Lipinski definition) is 5. The van der Waals surface area contributed by atoms with Gasteiger partial charge in [-0.25, -0.2) is 27.6 Å². The van der Waals surface area contributed by atoms with E-state index in [1.54, 1.807) is 0 Å². The van der Waals surface area contributed by atoms with Gasteiger partial charge in [-0.15, -0.1) is 0 Å². The van der Waals surface area contributed by atoms with E-state index in [4.69, 9.17) is 9.88 Å². The lowest BCUT2D eigenvalue weighted by Gasteiger charge is -2.08. The minimum Gasteiger partial charge on any atom is -0.377 e. The van der Waals surface area contributed by atoms with Gasteiger partial charge in [-0.2, -0.15) is 5.10 Å². The van der Waals surface area contributed by atoms with Crippen molar-refractivity contribution in [3.8, 4) is 5.69 Å². The maximum absolute atomic E-state index is 14.2. The van der Waals surface area contributed by atoms with Crippen LogP contribution in [0.1, 0.15) is 31.9 Å². The Kier molecular flexibility index (Phi) is 5.68. The molecule has 0 saturated heterocycles. The van der Waals surface area contributed by atoms with Crippen LogP contribution in [0.15, 0.2) is 23.1 Å². The fraction of sp³-hybridized carbons (Fsp3) is 0.467. The van der Waals surface area contributed by atoms with Crippen LogP contribution in [0, 0.1) is 11.7 Å². The number of primary sulfonamides is 1. The predicted molar refractivity (Wildman–Crippen MR) is 86.6 cm³/mol. The summed E-state index contributed by atoms with van der Waals surface area (Å²) in [5.74, 6) is 0.690. The van der Waals surface area contributed by atoms with Gasteiger partial charge in [0, 0.05) is 13.5 Å². The van der Waals surface area contributed by atoms with Crippen molar-refractivity contribution < 1.29 is 17.5 Å². The van der Waals surface area contributed by atoms with Crippen LogP contribution in [0.3, 0.4) is 0 Å². The van der Waals surface area contributed by atoms with E-state index in [1.165, 1.54) is 11.8 Å². The maximum Gasteiger partial charge on any atom is 0.238 e. The molecule has 1 heterocycles. The summed E-state index contributed by atoms with van der Waals surface area (Å²) in [6, 6.07) is 3.30. The molecule has 2 N–H and O–H groups in total. The first-order valence-electron chi connectivity index (χ1n) is 7.52. The minimum absolute atomic E-state index is 0.0310. The van der Waals surface area contributed by atoms with Gasteiger partial charge in [0.2, 0.25) is 10.0 Å². The van der Waals surface area contributed by atoms with Gasteiger partial charge in [0.1, 0.15) is 18.1 Å². The van der Waals surface area contributed by atoms with E-state index in [1.807, 2.05) is 0 Å². The van der Waals surface area contributed by atoms with Gasteiger partial charge in [0.15, 0.2) is 11.6 Å². The van der Waals surface area contributed by atoms with Crippen LogP contribution in [0.25, 0.3) is 5.69 Å². The number of aromatic nitrogens is 3. The SMILES string of the molecule is CC[C@@H](C)Cc1nc(COC)n(-c2cc(S(N)(=O)=O)ccc2F)n1. The Bertz CT molecular complexity index is 820. The van der Waals surface area contributed by atoms with E-state index < -0.39 is 15.8 Å². The van der Waals surface area contributed by atoms with Gasteiger partial charge >= 0.3 is 0 Å². The molecule has 0 bridgehead atoms. The molecule has 0 aliphatic rings. The van der Waals surface area contributed by atoms with Crippen LogP contribution in [-0.2, 0) is 27.8 Å². The highest BCUT2D eigenvalue weighted by Crippen LogP contribution is 2.20. The highest BCUT2D eigenvalue weighted by Gasteiger charge is 2.18. The van der Waals surface area contributed by atoms with Gasteiger partial charge in [-0.3, -0.25) is 0 Å². The molecule has 0 saturated carbocycles. The zero-order valence-electron chi connectivity index (χ0n) is 13.9. The Balaban J connectivity index is 2.54. The molecule has 2 rings (SSSR count). The van der Waals surface area contributed by atoms with Gasteiger partial charge in [0.05, 0.1) is 4.90 Å². The van der Waals surface area contributed by atoms with Crippen molar-refractivity contribution in [3.05, 3.63) is 35.7 Å². The molecule has 1 aromatic heterocycles. The van der Waals surface area contributed by atoms with Gasteiger partial charge in [-0.1, -0.05) is 20.3 Å². The standard InChI is InChI=1S/C15H21FN4O3S/c1-4-10(2)7-14-18-15(9-23-3)20(19-14)13-8-11(24(17,21)22)5-6-12(13)16/h5-6,8,10H,4,7,9H2,1-3H3,(H2,17,21,22)/t10-/m1/s1. The maximum atomic E-state index is 14.2. The predicted octanol–water partition coefficient (Wildman–Crippen LogP) is 1.79. The third-order valence-electron chi connectivity index (χ3n) is 3.69. The lowest BCUT2D eigenvalue weighted by molar-refractivity contribution is 0.175. The Morgan fingerprint density at radius 3 is 2.71 bits per heavy atom. The molecule has 132 valence electrons. The summed E-state index contributed by atoms with van der Waals surface area (Å²) in [6.45, 7) is 4.25. The second-order valence-corrected chi connectivity index (χ2v) is 7.23. The number of nitrogens with two attached hydrogens (primary N) is 1. The van der Waals surface area contributed by atoms with Crippen molar-refractivity contribution >= 4 is 10.0 Å². The van der Waals surface area contributed by atoms with Crippen molar-refractivity contribution in [1.29, 1.82) is 0 Å². The topological polar surface area (TPSA) is 100 Å². The van der Waals surface area contributed by atoms with Gasteiger partial charge in [0.25, 0.3) is 0 Å². The van der Waals surface area contributed by atoms with E-state index in [2.05, 4.69) is 23.9 Å². The second-order valence-electron chi connectivity index (χ2n) is 5.66. The summed E-state index contributed by atoms with van der Waals surface area (Å²) < 4.78 is 43.6.